The first-order chi connectivity index (χ1) is 13.9. The Hall–Kier alpha value is -2.28. The summed E-state index contributed by atoms with van der Waals surface area (Å²) in [5.41, 5.74) is 0.658. The smallest absolute Gasteiger partial charge is 0.228 e. The number of hydrogen-bond donors (Lipinski definition) is 0. The fourth-order valence-electron chi connectivity index (χ4n) is 4.00. The predicted molar refractivity (Wildman–Crippen MR) is 112 cm³/mol. The molecule has 29 heavy (non-hydrogen) atoms. The highest BCUT2D eigenvalue weighted by atomic mass is 16.5. The van der Waals surface area contributed by atoms with Gasteiger partial charge in [0.1, 0.15) is 11.5 Å². The van der Waals surface area contributed by atoms with E-state index in [2.05, 4.69) is 18.7 Å². The van der Waals surface area contributed by atoms with Gasteiger partial charge in [0, 0.05) is 45.2 Å². The van der Waals surface area contributed by atoms with Gasteiger partial charge in [0.15, 0.2) is 0 Å². The first kappa shape index (κ1) is 21.4. The number of rotatable bonds is 7. The summed E-state index contributed by atoms with van der Waals surface area (Å²) in [7, 11) is 3.16. The second-order valence-electron chi connectivity index (χ2n) is 8.29. The van der Waals surface area contributed by atoms with Gasteiger partial charge in [-0.05, 0) is 31.0 Å². The van der Waals surface area contributed by atoms with Crippen LogP contribution in [-0.2, 0) is 9.59 Å². The Labute approximate surface area is 173 Å². The molecule has 2 fully saturated rings. The van der Waals surface area contributed by atoms with E-state index >= 15 is 0 Å². The van der Waals surface area contributed by atoms with Crippen molar-refractivity contribution in [3.8, 4) is 11.5 Å². The van der Waals surface area contributed by atoms with Gasteiger partial charge in [-0.1, -0.05) is 13.8 Å². The number of amides is 2. The van der Waals surface area contributed by atoms with Crippen molar-refractivity contribution in [1.29, 1.82) is 0 Å². The number of nitrogens with zero attached hydrogens (tertiary/aromatic N) is 3. The van der Waals surface area contributed by atoms with Crippen LogP contribution in [0.1, 0.15) is 26.7 Å². The molecule has 1 atom stereocenters. The molecule has 0 spiro atoms. The van der Waals surface area contributed by atoms with Crippen LogP contribution in [0.15, 0.2) is 18.2 Å². The van der Waals surface area contributed by atoms with Crippen LogP contribution in [0.4, 0.5) is 5.69 Å². The van der Waals surface area contributed by atoms with Crippen LogP contribution in [0.3, 0.4) is 0 Å². The molecular weight excluding hydrogens is 370 g/mol. The summed E-state index contributed by atoms with van der Waals surface area (Å²) in [5.74, 6) is 1.68. The Balaban J connectivity index is 1.61. The molecule has 1 aromatic carbocycles. The van der Waals surface area contributed by atoms with Gasteiger partial charge < -0.3 is 19.3 Å². The minimum atomic E-state index is -0.305. The third-order valence-corrected chi connectivity index (χ3v) is 5.86. The topological polar surface area (TPSA) is 62.3 Å². The number of piperazine rings is 1. The molecule has 1 aromatic rings. The molecule has 7 nitrogen and oxygen atoms in total. The van der Waals surface area contributed by atoms with Crippen molar-refractivity contribution < 1.29 is 19.1 Å². The monoisotopic (exact) mass is 403 g/mol. The van der Waals surface area contributed by atoms with Crippen molar-refractivity contribution in [2.24, 2.45) is 11.8 Å². The molecule has 0 N–H and O–H groups in total. The number of benzene rings is 1. The van der Waals surface area contributed by atoms with E-state index in [4.69, 9.17) is 9.47 Å². The van der Waals surface area contributed by atoms with Gasteiger partial charge in [0.2, 0.25) is 11.8 Å². The van der Waals surface area contributed by atoms with E-state index in [1.165, 1.54) is 6.42 Å². The molecule has 2 saturated heterocycles. The van der Waals surface area contributed by atoms with E-state index < -0.39 is 0 Å². The Morgan fingerprint density at radius 3 is 2.48 bits per heavy atom. The normalized spacial score (nSPS) is 20.4. The summed E-state index contributed by atoms with van der Waals surface area (Å²) in [6, 6.07) is 5.37. The fraction of sp³-hybridized carbons (Fsp3) is 0.636. The molecule has 2 amide bonds. The van der Waals surface area contributed by atoms with Crippen LogP contribution in [0.2, 0.25) is 0 Å². The zero-order valence-corrected chi connectivity index (χ0v) is 18.0. The maximum atomic E-state index is 13.0. The van der Waals surface area contributed by atoms with Crippen LogP contribution in [-0.4, -0.2) is 75.1 Å². The lowest BCUT2D eigenvalue weighted by atomic mass is 10.1. The van der Waals surface area contributed by atoms with E-state index in [9.17, 15) is 9.59 Å². The summed E-state index contributed by atoms with van der Waals surface area (Å²) in [6.45, 7) is 9.24. The molecule has 0 bridgehead atoms. The molecule has 7 heteroatoms. The quantitative estimate of drug-likeness (QED) is 0.699. The number of methoxy groups -OCH3 is 2. The minimum Gasteiger partial charge on any atom is -0.497 e. The highest BCUT2D eigenvalue weighted by molar-refractivity contribution is 6.01. The van der Waals surface area contributed by atoms with Crippen LogP contribution in [0.5, 0.6) is 11.5 Å². The lowest BCUT2D eigenvalue weighted by Crippen LogP contribution is -2.50. The van der Waals surface area contributed by atoms with Gasteiger partial charge in [-0.2, -0.15) is 0 Å². The molecule has 1 unspecified atom stereocenters. The van der Waals surface area contributed by atoms with E-state index in [1.54, 1.807) is 37.3 Å². The van der Waals surface area contributed by atoms with E-state index in [-0.39, 0.29) is 24.2 Å². The van der Waals surface area contributed by atoms with Crippen molar-refractivity contribution in [1.82, 2.24) is 9.80 Å². The van der Waals surface area contributed by atoms with Crippen LogP contribution < -0.4 is 14.4 Å². The van der Waals surface area contributed by atoms with Gasteiger partial charge in [-0.25, -0.2) is 0 Å². The number of anilines is 1. The third kappa shape index (κ3) is 5.01. The number of hydrogen-bond acceptors (Lipinski definition) is 5. The molecule has 160 valence electrons. The van der Waals surface area contributed by atoms with E-state index in [0.29, 0.717) is 29.6 Å². The van der Waals surface area contributed by atoms with E-state index in [0.717, 1.165) is 32.7 Å². The first-order valence-electron chi connectivity index (χ1n) is 10.5. The Kier molecular flexibility index (Phi) is 7.00. The summed E-state index contributed by atoms with van der Waals surface area (Å²) < 4.78 is 10.7. The minimum absolute atomic E-state index is 0.0505. The molecular formula is C22H33N3O4. The molecule has 0 aromatic heterocycles. The fourth-order valence-corrected chi connectivity index (χ4v) is 4.00. The second-order valence-corrected chi connectivity index (χ2v) is 8.29. The standard InChI is InChI=1S/C22H33N3O4/c1-16(2)7-8-23-9-11-24(12-10-23)22(27)17-13-21(26)25(15-17)19-14-18(28-3)5-6-20(19)29-4/h5-6,14,16-17H,7-13,15H2,1-4H3. The molecule has 3 rings (SSSR count). The maximum absolute atomic E-state index is 13.0. The molecule has 0 saturated carbocycles. The first-order valence-corrected chi connectivity index (χ1v) is 10.5. The van der Waals surface area contributed by atoms with E-state index in [1.807, 2.05) is 4.90 Å². The maximum Gasteiger partial charge on any atom is 0.228 e. The largest absolute Gasteiger partial charge is 0.497 e. The highest BCUT2D eigenvalue weighted by Gasteiger charge is 2.39. The Morgan fingerprint density at radius 2 is 1.86 bits per heavy atom. The Bertz CT molecular complexity index is 729. The lowest BCUT2D eigenvalue weighted by molar-refractivity contribution is -0.137. The highest BCUT2D eigenvalue weighted by Crippen LogP contribution is 2.36. The SMILES string of the molecule is COc1ccc(OC)c(N2CC(C(=O)N3CCN(CCC(C)C)CC3)CC2=O)c1. The van der Waals surface area contributed by atoms with Gasteiger partial charge in [0.05, 0.1) is 25.8 Å². The summed E-state index contributed by atoms with van der Waals surface area (Å²) >= 11 is 0. The molecule has 0 aliphatic carbocycles. The van der Waals surface area contributed by atoms with Crippen molar-refractivity contribution in [3.05, 3.63) is 18.2 Å². The van der Waals surface area contributed by atoms with Crippen molar-refractivity contribution in [3.63, 3.8) is 0 Å². The Morgan fingerprint density at radius 1 is 1.14 bits per heavy atom. The molecule has 2 heterocycles. The predicted octanol–water partition coefficient (Wildman–Crippen LogP) is 2.25. The summed E-state index contributed by atoms with van der Waals surface area (Å²) in [4.78, 5) is 31.7. The lowest BCUT2D eigenvalue weighted by Gasteiger charge is -2.36. The average molecular weight is 404 g/mol. The van der Waals surface area contributed by atoms with Crippen molar-refractivity contribution in [2.75, 3.05) is 58.4 Å². The number of carbonyl (C=O) groups excluding carboxylic acids is 2. The molecule has 0 radical (unpaired) electrons. The zero-order chi connectivity index (χ0) is 21.0. The summed E-state index contributed by atoms with van der Waals surface area (Å²) in [6.07, 6.45) is 1.43. The number of ether oxygens (including phenoxy) is 2. The van der Waals surface area contributed by atoms with Gasteiger partial charge in [-0.15, -0.1) is 0 Å². The number of carbonyl (C=O) groups is 2. The van der Waals surface area contributed by atoms with Gasteiger partial charge >= 0.3 is 0 Å². The van der Waals surface area contributed by atoms with Crippen LogP contribution in [0.25, 0.3) is 0 Å². The van der Waals surface area contributed by atoms with Gasteiger partial charge in [-0.3, -0.25) is 14.5 Å². The molecule has 2 aliphatic rings. The van der Waals surface area contributed by atoms with Crippen LogP contribution in [0, 0.1) is 11.8 Å². The third-order valence-electron chi connectivity index (χ3n) is 5.86. The van der Waals surface area contributed by atoms with Gasteiger partial charge in [0.25, 0.3) is 0 Å². The summed E-state index contributed by atoms with van der Waals surface area (Å²) in [5, 5.41) is 0. The van der Waals surface area contributed by atoms with Crippen molar-refractivity contribution in [2.45, 2.75) is 26.7 Å². The second kappa shape index (κ2) is 9.48. The van der Waals surface area contributed by atoms with Crippen LogP contribution >= 0.6 is 0 Å². The average Bonchev–Trinajstić information content (AvgIpc) is 3.13. The molecule has 2 aliphatic heterocycles. The zero-order valence-electron chi connectivity index (χ0n) is 18.0. The van der Waals surface area contributed by atoms with Crippen molar-refractivity contribution >= 4 is 17.5 Å².